The highest BCUT2D eigenvalue weighted by Crippen LogP contribution is 2.14. The number of halogens is 1. The molecule has 0 rings (SSSR count). The maximum atomic E-state index is 11.9. The Hall–Kier alpha value is -0.680. The normalized spacial score (nSPS) is 11.5. The number of carbonyl (C=O) groups excluding carboxylic acids is 1. The van der Waals surface area contributed by atoms with Crippen molar-refractivity contribution >= 4 is 17.6 Å². The van der Waals surface area contributed by atoms with Crippen LogP contribution in [-0.2, 0) is 61.6 Å². The monoisotopic (exact) mass is 831 g/mol. The van der Waals surface area contributed by atoms with Gasteiger partial charge in [-0.15, -0.1) is 11.6 Å². The second-order valence-corrected chi connectivity index (χ2v) is 13.7. The van der Waals surface area contributed by atoms with Gasteiger partial charge in [0.2, 0.25) is 0 Å². The third kappa shape index (κ3) is 51.3. The van der Waals surface area contributed by atoms with Gasteiger partial charge in [-0.05, 0) is 6.42 Å². The van der Waals surface area contributed by atoms with Gasteiger partial charge in [-0.1, -0.05) is 96.8 Å². The largest absolute Gasteiger partial charge is 0.463 e. The lowest BCUT2D eigenvalue weighted by Crippen LogP contribution is -2.15. The van der Waals surface area contributed by atoms with E-state index in [9.17, 15) is 4.79 Å². The zero-order valence-corrected chi connectivity index (χ0v) is 36.2. The fraction of sp³-hybridized carbons (Fsp3) is 0.976. The molecule has 336 valence electrons. The predicted molar refractivity (Wildman–Crippen MR) is 220 cm³/mol. The van der Waals surface area contributed by atoms with Crippen molar-refractivity contribution in [2.24, 2.45) is 0 Å². The van der Waals surface area contributed by atoms with Gasteiger partial charge >= 0.3 is 5.97 Å². The lowest BCUT2D eigenvalue weighted by molar-refractivity contribution is -0.145. The molecular weight excluding hydrogens is 748 g/mol. The number of hydrogen-bond donors (Lipinski definition) is 0. The van der Waals surface area contributed by atoms with E-state index in [0.29, 0.717) is 158 Å². The first-order chi connectivity index (χ1) is 27.8. The zero-order valence-electron chi connectivity index (χ0n) is 35.5. The minimum absolute atomic E-state index is 0.131. The molecule has 0 aliphatic carbocycles. The molecule has 0 saturated heterocycles. The third-order valence-corrected chi connectivity index (χ3v) is 8.57. The Bertz CT molecular complexity index is 726. The molecule has 0 aliphatic heterocycles. The van der Waals surface area contributed by atoms with E-state index in [2.05, 4.69) is 6.92 Å². The summed E-state index contributed by atoms with van der Waals surface area (Å²) >= 11 is 5.52. The highest BCUT2D eigenvalue weighted by molar-refractivity contribution is 6.17. The van der Waals surface area contributed by atoms with E-state index in [1.165, 1.54) is 83.5 Å². The van der Waals surface area contributed by atoms with E-state index < -0.39 is 0 Å². The van der Waals surface area contributed by atoms with E-state index in [1.807, 2.05) is 0 Å². The van der Waals surface area contributed by atoms with Gasteiger partial charge in [0.1, 0.15) is 6.61 Å². The number of alkyl halides is 1. The molecular formula is C42H83ClO13. The molecule has 0 aliphatic rings. The average Bonchev–Trinajstić information content (AvgIpc) is 3.20. The van der Waals surface area contributed by atoms with Crippen LogP contribution in [0.5, 0.6) is 0 Å². The molecule has 0 aromatic carbocycles. The van der Waals surface area contributed by atoms with Crippen LogP contribution in [0.1, 0.15) is 110 Å². The molecule has 0 spiro atoms. The van der Waals surface area contributed by atoms with Gasteiger partial charge in [0.15, 0.2) is 0 Å². The summed E-state index contributed by atoms with van der Waals surface area (Å²) in [6, 6.07) is 0. The Kier molecular flexibility index (Phi) is 51.7. The summed E-state index contributed by atoms with van der Waals surface area (Å²) in [5.74, 6) is 0.364. The first-order valence-electron chi connectivity index (χ1n) is 21.9. The summed E-state index contributed by atoms with van der Waals surface area (Å²) in [5, 5.41) is 0. The number of ether oxygens (including phenoxy) is 12. The van der Waals surface area contributed by atoms with Crippen LogP contribution < -0.4 is 0 Å². The molecule has 13 nitrogen and oxygen atoms in total. The van der Waals surface area contributed by atoms with Crippen LogP contribution in [0.2, 0.25) is 0 Å². The van der Waals surface area contributed by atoms with E-state index in [1.54, 1.807) is 0 Å². The van der Waals surface area contributed by atoms with E-state index in [0.717, 1.165) is 12.8 Å². The van der Waals surface area contributed by atoms with Crippen molar-refractivity contribution in [2.75, 3.05) is 158 Å². The first kappa shape index (κ1) is 55.3. The first-order valence-corrected chi connectivity index (χ1v) is 22.4. The Morgan fingerprint density at radius 2 is 0.518 bits per heavy atom. The molecule has 0 radical (unpaired) electrons. The fourth-order valence-electron chi connectivity index (χ4n) is 5.28. The second kappa shape index (κ2) is 52.3. The molecule has 0 heterocycles. The number of carbonyl (C=O) groups is 1. The molecule has 0 bridgehead atoms. The van der Waals surface area contributed by atoms with Crippen molar-refractivity contribution < 1.29 is 61.6 Å². The predicted octanol–water partition coefficient (Wildman–Crippen LogP) is 7.21. The minimum Gasteiger partial charge on any atom is -0.463 e. The SMILES string of the molecule is CCCCCCCCCCCCCCCCCC(=O)OCCOCCOCCOCCOCCOCCOCCOCCOCCOCCOCCOCCCl. The molecule has 0 aromatic heterocycles. The van der Waals surface area contributed by atoms with Gasteiger partial charge in [0.05, 0.1) is 145 Å². The van der Waals surface area contributed by atoms with Crippen molar-refractivity contribution in [3.8, 4) is 0 Å². The van der Waals surface area contributed by atoms with Crippen LogP contribution in [0.4, 0.5) is 0 Å². The van der Waals surface area contributed by atoms with Crippen molar-refractivity contribution in [3.05, 3.63) is 0 Å². The van der Waals surface area contributed by atoms with Crippen LogP contribution >= 0.6 is 11.6 Å². The van der Waals surface area contributed by atoms with Gasteiger partial charge < -0.3 is 56.8 Å². The van der Waals surface area contributed by atoms with Gasteiger partial charge in [0, 0.05) is 12.3 Å². The average molecular weight is 832 g/mol. The van der Waals surface area contributed by atoms with Crippen molar-refractivity contribution in [3.63, 3.8) is 0 Å². The highest BCUT2D eigenvalue weighted by atomic mass is 35.5. The Labute approximate surface area is 346 Å². The minimum atomic E-state index is -0.131. The Morgan fingerprint density at radius 1 is 0.304 bits per heavy atom. The molecule has 0 fully saturated rings. The number of esters is 1. The van der Waals surface area contributed by atoms with Gasteiger partial charge in [0.25, 0.3) is 0 Å². The number of hydrogen-bond acceptors (Lipinski definition) is 13. The molecule has 14 heteroatoms. The molecule has 0 atom stereocenters. The fourth-order valence-corrected chi connectivity index (χ4v) is 5.39. The molecule has 0 N–H and O–H groups in total. The third-order valence-electron chi connectivity index (χ3n) is 8.42. The van der Waals surface area contributed by atoms with Crippen molar-refractivity contribution in [1.82, 2.24) is 0 Å². The lowest BCUT2D eigenvalue weighted by Gasteiger charge is -2.09. The summed E-state index contributed by atoms with van der Waals surface area (Å²) in [6.07, 6.45) is 20.2. The maximum Gasteiger partial charge on any atom is 0.305 e. The zero-order chi connectivity index (χ0) is 40.3. The van der Waals surface area contributed by atoms with Crippen LogP contribution in [0.15, 0.2) is 0 Å². The number of rotatable bonds is 51. The Morgan fingerprint density at radius 3 is 0.768 bits per heavy atom. The maximum absolute atomic E-state index is 11.9. The molecule has 0 saturated carbocycles. The van der Waals surface area contributed by atoms with E-state index >= 15 is 0 Å². The number of unbranched alkanes of at least 4 members (excludes halogenated alkanes) is 14. The van der Waals surface area contributed by atoms with Gasteiger partial charge in [-0.2, -0.15) is 0 Å². The van der Waals surface area contributed by atoms with Gasteiger partial charge in [-0.25, -0.2) is 0 Å². The van der Waals surface area contributed by atoms with Crippen molar-refractivity contribution in [2.45, 2.75) is 110 Å². The van der Waals surface area contributed by atoms with Crippen LogP contribution in [0.25, 0.3) is 0 Å². The summed E-state index contributed by atoms with van der Waals surface area (Å²) in [4.78, 5) is 11.9. The Balaban J connectivity index is 3.12. The topological polar surface area (TPSA) is 128 Å². The van der Waals surface area contributed by atoms with E-state index in [-0.39, 0.29) is 12.6 Å². The summed E-state index contributed by atoms with van der Waals surface area (Å²) in [5.41, 5.74) is 0. The second-order valence-electron chi connectivity index (χ2n) is 13.3. The smallest absolute Gasteiger partial charge is 0.305 e. The molecule has 0 aromatic rings. The quantitative estimate of drug-likeness (QED) is 0.0348. The van der Waals surface area contributed by atoms with Crippen LogP contribution in [-0.4, -0.2) is 164 Å². The van der Waals surface area contributed by atoms with Crippen LogP contribution in [0, 0.1) is 0 Å². The van der Waals surface area contributed by atoms with Gasteiger partial charge in [-0.3, -0.25) is 4.79 Å². The highest BCUT2D eigenvalue weighted by Gasteiger charge is 2.03. The summed E-state index contributed by atoms with van der Waals surface area (Å²) in [7, 11) is 0. The molecule has 56 heavy (non-hydrogen) atoms. The van der Waals surface area contributed by atoms with E-state index in [4.69, 9.17) is 68.4 Å². The van der Waals surface area contributed by atoms with Crippen molar-refractivity contribution in [1.29, 1.82) is 0 Å². The molecule has 0 amide bonds. The summed E-state index contributed by atoms with van der Waals surface area (Å²) in [6.45, 7) is 13.6. The lowest BCUT2D eigenvalue weighted by atomic mass is 10.0. The molecule has 0 unspecified atom stereocenters. The standard InChI is InChI=1S/C42H83ClO13/c1-2-3-4-5-6-7-8-9-10-11-12-13-14-15-16-17-42(44)56-41-40-55-39-38-54-37-36-53-35-34-52-33-32-51-31-30-50-29-28-49-27-26-48-25-24-47-23-22-46-21-20-45-19-18-43/h2-41H2,1H3. The summed E-state index contributed by atoms with van der Waals surface area (Å²) < 4.78 is 65.2. The van der Waals surface area contributed by atoms with Crippen LogP contribution in [0.3, 0.4) is 0 Å².